The van der Waals surface area contributed by atoms with Crippen LogP contribution in [0.15, 0.2) is 0 Å². The van der Waals surface area contributed by atoms with E-state index in [0.717, 1.165) is 0 Å². The largest absolute Gasteiger partial charge is 0.466 e. The van der Waals surface area contributed by atoms with Gasteiger partial charge in [0.05, 0.1) is 19.6 Å². The van der Waals surface area contributed by atoms with Gasteiger partial charge in [-0.1, -0.05) is 19.3 Å². The molecule has 0 saturated heterocycles. The van der Waals surface area contributed by atoms with Crippen molar-refractivity contribution in [2.75, 3.05) is 19.8 Å². The summed E-state index contributed by atoms with van der Waals surface area (Å²) in [7, 11) is 0. The van der Waals surface area contributed by atoms with E-state index in [1.807, 2.05) is 6.92 Å². The number of esters is 1. The summed E-state index contributed by atoms with van der Waals surface area (Å²) < 4.78 is 5.00. The summed E-state index contributed by atoms with van der Waals surface area (Å²) in [5, 5.41) is 9.20. The molecule has 1 rings (SSSR count). The van der Waals surface area contributed by atoms with E-state index in [2.05, 4.69) is 11.8 Å². The second-order valence-electron chi connectivity index (χ2n) is 5.11. The van der Waals surface area contributed by atoms with Crippen LogP contribution < -0.4 is 0 Å². The van der Waals surface area contributed by atoms with Crippen LogP contribution in [0.2, 0.25) is 0 Å². The SMILES string of the molecule is CCOC(=O)CC(C)N(CCO)C1CCCCC1. The standard InChI is InChI=1S/C14H27NO3/c1-3-18-14(17)11-12(2)15(9-10-16)13-7-5-4-6-8-13/h12-13,16H,3-11H2,1-2H3. The van der Waals surface area contributed by atoms with E-state index in [-0.39, 0.29) is 18.6 Å². The minimum absolute atomic E-state index is 0.135. The number of rotatable bonds is 7. The summed E-state index contributed by atoms with van der Waals surface area (Å²) in [6.07, 6.45) is 6.64. The summed E-state index contributed by atoms with van der Waals surface area (Å²) in [6, 6.07) is 0.676. The number of aliphatic hydroxyl groups excluding tert-OH is 1. The van der Waals surface area contributed by atoms with E-state index in [1.54, 1.807) is 0 Å². The Morgan fingerprint density at radius 1 is 1.39 bits per heavy atom. The third-order valence-electron chi connectivity index (χ3n) is 3.74. The molecule has 1 unspecified atom stereocenters. The Morgan fingerprint density at radius 3 is 2.61 bits per heavy atom. The molecule has 0 aromatic rings. The first kappa shape index (κ1) is 15.4. The monoisotopic (exact) mass is 257 g/mol. The molecular weight excluding hydrogens is 230 g/mol. The molecule has 4 heteroatoms. The average Bonchev–Trinajstić information content (AvgIpc) is 2.37. The Kier molecular flexibility index (Phi) is 7.28. The maximum atomic E-state index is 11.5. The molecule has 0 heterocycles. The van der Waals surface area contributed by atoms with E-state index in [4.69, 9.17) is 4.74 Å². The predicted octanol–water partition coefficient (Wildman–Crippen LogP) is 1.96. The minimum atomic E-state index is -0.135. The molecule has 1 aliphatic carbocycles. The first-order chi connectivity index (χ1) is 8.69. The van der Waals surface area contributed by atoms with Gasteiger partial charge in [0, 0.05) is 18.6 Å². The summed E-state index contributed by atoms with van der Waals surface area (Å²) >= 11 is 0. The van der Waals surface area contributed by atoms with E-state index < -0.39 is 0 Å². The molecule has 0 bridgehead atoms. The first-order valence-electron chi connectivity index (χ1n) is 7.21. The van der Waals surface area contributed by atoms with Crippen molar-refractivity contribution in [3.05, 3.63) is 0 Å². The predicted molar refractivity (Wildman–Crippen MR) is 71.4 cm³/mol. The molecule has 18 heavy (non-hydrogen) atoms. The van der Waals surface area contributed by atoms with Gasteiger partial charge in [0.15, 0.2) is 0 Å². The van der Waals surface area contributed by atoms with Crippen molar-refractivity contribution in [3.8, 4) is 0 Å². The molecule has 0 aromatic heterocycles. The van der Waals surface area contributed by atoms with Crippen LogP contribution in [0.4, 0.5) is 0 Å². The Hall–Kier alpha value is -0.610. The lowest BCUT2D eigenvalue weighted by atomic mass is 9.93. The van der Waals surface area contributed by atoms with Gasteiger partial charge >= 0.3 is 5.97 Å². The fourth-order valence-electron chi connectivity index (χ4n) is 2.87. The van der Waals surface area contributed by atoms with Crippen LogP contribution in [0.5, 0.6) is 0 Å². The van der Waals surface area contributed by atoms with Crippen LogP contribution in [0.25, 0.3) is 0 Å². The van der Waals surface area contributed by atoms with E-state index >= 15 is 0 Å². The normalized spacial score (nSPS) is 18.9. The molecule has 1 aliphatic rings. The molecule has 1 fully saturated rings. The molecular formula is C14H27NO3. The van der Waals surface area contributed by atoms with E-state index in [1.165, 1.54) is 32.1 Å². The number of carbonyl (C=O) groups excluding carboxylic acids is 1. The Labute approximate surface area is 110 Å². The number of hydrogen-bond acceptors (Lipinski definition) is 4. The molecule has 0 amide bonds. The number of hydrogen-bond donors (Lipinski definition) is 1. The van der Waals surface area contributed by atoms with Gasteiger partial charge < -0.3 is 9.84 Å². The molecule has 0 aliphatic heterocycles. The summed E-state index contributed by atoms with van der Waals surface area (Å²) in [5.74, 6) is -0.135. The summed E-state index contributed by atoms with van der Waals surface area (Å²) in [4.78, 5) is 13.8. The van der Waals surface area contributed by atoms with Crippen molar-refractivity contribution in [2.45, 2.75) is 64.5 Å². The zero-order valence-electron chi connectivity index (χ0n) is 11.7. The van der Waals surface area contributed by atoms with Crippen LogP contribution in [0.1, 0.15) is 52.4 Å². The van der Waals surface area contributed by atoms with Crippen molar-refractivity contribution < 1.29 is 14.6 Å². The Balaban J connectivity index is 2.50. The lowest BCUT2D eigenvalue weighted by Crippen LogP contribution is -2.45. The third kappa shape index (κ3) is 4.94. The number of ether oxygens (including phenoxy) is 1. The van der Waals surface area contributed by atoms with Crippen LogP contribution in [-0.2, 0) is 9.53 Å². The second-order valence-corrected chi connectivity index (χ2v) is 5.11. The van der Waals surface area contributed by atoms with E-state index in [9.17, 15) is 9.90 Å². The van der Waals surface area contributed by atoms with Crippen LogP contribution in [0, 0.1) is 0 Å². The highest BCUT2D eigenvalue weighted by molar-refractivity contribution is 5.70. The van der Waals surface area contributed by atoms with Gasteiger partial charge in [-0.25, -0.2) is 0 Å². The Bertz CT molecular complexity index is 239. The molecule has 4 nitrogen and oxygen atoms in total. The number of carbonyl (C=O) groups is 1. The van der Waals surface area contributed by atoms with Crippen molar-refractivity contribution in [3.63, 3.8) is 0 Å². The van der Waals surface area contributed by atoms with E-state index in [0.29, 0.717) is 25.6 Å². The highest BCUT2D eigenvalue weighted by Crippen LogP contribution is 2.24. The lowest BCUT2D eigenvalue weighted by molar-refractivity contribution is -0.144. The first-order valence-corrected chi connectivity index (χ1v) is 7.21. The fourth-order valence-corrected chi connectivity index (χ4v) is 2.87. The van der Waals surface area contributed by atoms with Crippen LogP contribution in [0.3, 0.4) is 0 Å². The molecule has 0 aromatic carbocycles. The fraction of sp³-hybridized carbons (Fsp3) is 0.929. The van der Waals surface area contributed by atoms with Crippen molar-refractivity contribution in [2.24, 2.45) is 0 Å². The highest BCUT2D eigenvalue weighted by atomic mass is 16.5. The molecule has 1 atom stereocenters. The smallest absolute Gasteiger partial charge is 0.307 e. The van der Waals surface area contributed by atoms with Gasteiger partial charge in [-0.15, -0.1) is 0 Å². The zero-order valence-corrected chi connectivity index (χ0v) is 11.7. The summed E-state index contributed by atoms with van der Waals surface area (Å²) in [6.45, 7) is 5.14. The van der Waals surface area contributed by atoms with Crippen LogP contribution in [-0.4, -0.2) is 47.8 Å². The molecule has 0 spiro atoms. The Morgan fingerprint density at radius 2 is 2.06 bits per heavy atom. The number of aliphatic hydroxyl groups is 1. The maximum absolute atomic E-state index is 11.5. The maximum Gasteiger partial charge on any atom is 0.307 e. The van der Waals surface area contributed by atoms with Crippen molar-refractivity contribution >= 4 is 5.97 Å². The average molecular weight is 257 g/mol. The highest BCUT2D eigenvalue weighted by Gasteiger charge is 2.26. The molecule has 0 radical (unpaired) electrons. The molecule has 1 saturated carbocycles. The molecule has 106 valence electrons. The second kappa shape index (κ2) is 8.48. The topological polar surface area (TPSA) is 49.8 Å². The van der Waals surface area contributed by atoms with Gasteiger partial charge in [0.2, 0.25) is 0 Å². The van der Waals surface area contributed by atoms with Gasteiger partial charge in [0.25, 0.3) is 0 Å². The molecule has 1 N–H and O–H groups in total. The van der Waals surface area contributed by atoms with Gasteiger partial charge in [-0.05, 0) is 26.7 Å². The van der Waals surface area contributed by atoms with Gasteiger partial charge in [-0.2, -0.15) is 0 Å². The van der Waals surface area contributed by atoms with Gasteiger partial charge in [-0.3, -0.25) is 9.69 Å². The number of nitrogens with zero attached hydrogens (tertiary/aromatic N) is 1. The zero-order chi connectivity index (χ0) is 13.4. The minimum Gasteiger partial charge on any atom is -0.466 e. The quantitative estimate of drug-likeness (QED) is 0.708. The lowest BCUT2D eigenvalue weighted by Gasteiger charge is -2.37. The van der Waals surface area contributed by atoms with Gasteiger partial charge in [0.1, 0.15) is 0 Å². The van der Waals surface area contributed by atoms with Crippen molar-refractivity contribution in [1.82, 2.24) is 4.90 Å². The summed E-state index contributed by atoms with van der Waals surface area (Å²) in [5.41, 5.74) is 0. The van der Waals surface area contributed by atoms with Crippen molar-refractivity contribution in [1.29, 1.82) is 0 Å². The van der Waals surface area contributed by atoms with Crippen LogP contribution >= 0.6 is 0 Å². The third-order valence-corrected chi connectivity index (χ3v) is 3.74.